The molecule has 1 aliphatic rings. The molecule has 1 fully saturated rings. The minimum absolute atomic E-state index is 0.370. The van der Waals surface area contributed by atoms with Gasteiger partial charge in [-0.2, -0.15) is 0 Å². The summed E-state index contributed by atoms with van der Waals surface area (Å²) in [6.07, 6.45) is 0. The van der Waals surface area contributed by atoms with Crippen molar-refractivity contribution < 1.29 is 27.0 Å². The molecule has 0 amide bonds. The van der Waals surface area contributed by atoms with Crippen molar-refractivity contribution in [3.63, 3.8) is 0 Å². The lowest BCUT2D eigenvalue weighted by atomic mass is 9.78. The zero-order valence-electron chi connectivity index (χ0n) is 43.9. The van der Waals surface area contributed by atoms with Crippen molar-refractivity contribution in [2.75, 3.05) is 0 Å². The number of nitrogens with zero attached hydrogens (tertiary/aromatic N) is 3. The molecule has 0 saturated carbocycles. The van der Waals surface area contributed by atoms with E-state index in [1.54, 1.807) is 11.3 Å². The Kier molecular flexibility index (Phi) is 10.2. The van der Waals surface area contributed by atoms with Gasteiger partial charge in [-0.3, -0.25) is 0 Å². The second-order valence-electron chi connectivity index (χ2n) is 21.7. The SMILES string of the molecule is CC1(C)OB(c2ccc3oc4cc5c(cc4c3c2)oc2ccccc25)OC1(C)C.c1ccc(-c2nc(-c3cccc(-c4ccc5oc6cc7c(cc6c5c4)oc4ccccc47)c3)nc(-c3cccc4c3sc3ccccc34)n2)cc1. The van der Waals surface area contributed by atoms with E-state index in [1.165, 1.54) is 20.2 Å². The largest absolute Gasteiger partial charge is 0.494 e. The molecule has 0 atom stereocenters. The fourth-order valence-electron chi connectivity index (χ4n) is 11.4. The van der Waals surface area contributed by atoms with Crippen molar-refractivity contribution in [1.29, 1.82) is 0 Å². The van der Waals surface area contributed by atoms with Gasteiger partial charge in [0.25, 0.3) is 0 Å². The molecule has 6 aromatic heterocycles. The fourth-order valence-corrected chi connectivity index (χ4v) is 12.6. The maximum atomic E-state index is 6.36. The summed E-state index contributed by atoms with van der Waals surface area (Å²) in [5.41, 5.74) is 12.1. The topological polar surface area (TPSA) is 110 Å². The summed E-state index contributed by atoms with van der Waals surface area (Å²) in [6, 6.07) is 70.5. The van der Waals surface area contributed by atoms with Crippen LogP contribution in [0.5, 0.6) is 0 Å². The lowest BCUT2D eigenvalue weighted by molar-refractivity contribution is 0.00578. The second-order valence-corrected chi connectivity index (χ2v) is 22.7. The van der Waals surface area contributed by atoms with Gasteiger partial charge in [-0.1, -0.05) is 133 Å². The van der Waals surface area contributed by atoms with Gasteiger partial charge in [0.05, 0.1) is 11.2 Å². The van der Waals surface area contributed by atoms with Gasteiger partial charge < -0.3 is 27.0 Å². The molecule has 0 radical (unpaired) electrons. The highest BCUT2D eigenvalue weighted by Gasteiger charge is 2.51. The van der Waals surface area contributed by atoms with Crippen LogP contribution in [0, 0.1) is 0 Å². The smallest absolute Gasteiger partial charge is 0.456 e. The van der Waals surface area contributed by atoms with Crippen LogP contribution >= 0.6 is 11.3 Å². The van der Waals surface area contributed by atoms with E-state index in [9.17, 15) is 0 Å². The molecule has 0 N–H and O–H groups in total. The summed E-state index contributed by atoms with van der Waals surface area (Å²) in [5.74, 6) is 1.92. The minimum Gasteiger partial charge on any atom is -0.456 e. The van der Waals surface area contributed by atoms with Gasteiger partial charge in [-0.05, 0) is 117 Å². The molecule has 11 heteroatoms. The fraction of sp³-hybridized carbons (Fsp3) is 0.0870. The Morgan fingerprint density at radius 2 is 0.775 bits per heavy atom. The first kappa shape index (κ1) is 46.7. The molecular weight excluding hydrogens is 1010 g/mol. The van der Waals surface area contributed by atoms with E-state index in [2.05, 4.69) is 155 Å². The zero-order chi connectivity index (χ0) is 53.4. The number of thiophene rings is 1. The number of hydrogen-bond donors (Lipinski definition) is 0. The van der Waals surface area contributed by atoms with Crippen LogP contribution in [-0.4, -0.2) is 33.3 Å². The summed E-state index contributed by atoms with van der Waals surface area (Å²) in [5, 5.41) is 10.9. The van der Waals surface area contributed by atoms with Gasteiger partial charge in [-0.25, -0.2) is 15.0 Å². The van der Waals surface area contributed by atoms with Crippen molar-refractivity contribution in [3.05, 3.63) is 206 Å². The van der Waals surface area contributed by atoms with Crippen LogP contribution in [-0.2, 0) is 9.31 Å². The van der Waals surface area contributed by atoms with Crippen LogP contribution in [0.3, 0.4) is 0 Å². The van der Waals surface area contributed by atoms with Gasteiger partial charge >= 0.3 is 7.12 Å². The molecule has 382 valence electrons. The van der Waals surface area contributed by atoms with Crippen LogP contribution in [0.25, 0.3) is 153 Å². The Bertz CT molecular complexity index is 5170. The predicted molar refractivity (Wildman–Crippen MR) is 326 cm³/mol. The van der Waals surface area contributed by atoms with Crippen LogP contribution in [0.1, 0.15) is 27.7 Å². The summed E-state index contributed by atoms with van der Waals surface area (Å²) in [6.45, 7) is 8.27. The van der Waals surface area contributed by atoms with E-state index < -0.39 is 7.12 Å². The maximum absolute atomic E-state index is 6.36. The van der Waals surface area contributed by atoms with Gasteiger partial charge in [0.1, 0.15) is 44.7 Å². The van der Waals surface area contributed by atoms with Crippen molar-refractivity contribution in [3.8, 4) is 45.3 Å². The molecule has 9 nitrogen and oxygen atoms in total. The number of fused-ring (bicyclic) bond motifs is 15. The number of para-hydroxylation sites is 2. The monoisotopic (exact) mass is 1060 g/mol. The standard InChI is InChI=1S/C45H25N3O2S.C24H21BO4/c1-2-10-26(11-3-1)43-46-44(48-45(47-43)33-17-9-16-32-31-15-5-7-19-41(31)51-42(32)33)29-13-8-12-27(22-29)28-20-21-38-34(23-28)36-25-39-35(24-40(36)50-38)30-14-4-6-18-37(30)49-39;1-23(2)24(3,4)29-25(28-23)14-9-10-20-16(11-14)18-13-21-17(12-22(18)27-20)15-7-5-6-8-19(15)26-21/h1-25H;5-13H,1-4H3. The van der Waals surface area contributed by atoms with Gasteiger partial charge in [0.2, 0.25) is 0 Å². The zero-order valence-corrected chi connectivity index (χ0v) is 44.7. The maximum Gasteiger partial charge on any atom is 0.494 e. The normalized spacial score (nSPS) is 14.3. The molecule has 0 bridgehead atoms. The highest BCUT2D eigenvalue weighted by Crippen LogP contribution is 2.43. The van der Waals surface area contributed by atoms with Crippen molar-refractivity contribution in [2.24, 2.45) is 0 Å². The van der Waals surface area contributed by atoms with E-state index in [0.29, 0.717) is 17.5 Å². The first-order chi connectivity index (χ1) is 39.1. The molecule has 0 spiro atoms. The van der Waals surface area contributed by atoms with E-state index in [-0.39, 0.29) is 11.2 Å². The quantitative estimate of drug-likeness (QED) is 0.156. The molecule has 10 aromatic carbocycles. The van der Waals surface area contributed by atoms with Crippen LogP contribution in [0.4, 0.5) is 0 Å². The summed E-state index contributed by atoms with van der Waals surface area (Å²) in [4.78, 5) is 15.2. The van der Waals surface area contributed by atoms with Gasteiger partial charge in [0.15, 0.2) is 17.5 Å². The minimum atomic E-state index is -0.399. The van der Waals surface area contributed by atoms with Crippen molar-refractivity contribution in [1.82, 2.24) is 15.0 Å². The third kappa shape index (κ3) is 7.49. The predicted octanol–water partition coefficient (Wildman–Crippen LogP) is 18.5. The third-order valence-electron chi connectivity index (χ3n) is 16.3. The lowest BCUT2D eigenvalue weighted by Crippen LogP contribution is -2.41. The molecule has 1 aliphatic heterocycles. The Morgan fingerprint density at radius 1 is 0.325 bits per heavy atom. The van der Waals surface area contributed by atoms with E-state index in [4.69, 9.17) is 41.9 Å². The molecular formula is C69H46BN3O6S. The highest BCUT2D eigenvalue weighted by molar-refractivity contribution is 7.26. The van der Waals surface area contributed by atoms with E-state index in [0.717, 1.165) is 121 Å². The Labute approximate surface area is 461 Å². The van der Waals surface area contributed by atoms with Gasteiger partial charge in [-0.15, -0.1) is 11.3 Å². The highest BCUT2D eigenvalue weighted by atomic mass is 32.1. The number of hydrogen-bond acceptors (Lipinski definition) is 10. The Balaban J connectivity index is 0.000000155. The molecule has 17 rings (SSSR count). The Morgan fingerprint density at radius 3 is 1.43 bits per heavy atom. The number of aromatic nitrogens is 3. The molecule has 0 aliphatic carbocycles. The van der Waals surface area contributed by atoms with E-state index >= 15 is 0 Å². The average molecular weight is 1060 g/mol. The second kappa shape index (κ2) is 17.6. The summed E-state index contributed by atoms with van der Waals surface area (Å²) >= 11 is 1.78. The number of furan rings is 4. The van der Waals surface area contributed by atoms with Gasteiger partial charge in [0, 0.05) is 80.0 Å². The average Bonchev–Trinajstić information content (AvgIpc) is 4.45. The molecule has 0 unspecified atom stereocenters. The van der Waals surface area contributed by atoms with E-state index in [1.807, 2.05) is 78.9 Å². The summed E-state index contributed by atoms with van der Waals surface area (Å²) < 4.78 is 39.7. The van der Waals surface area contributed by atoms with Crippen molar-refractivity contribution >= 4 is 132 Å². The van der Waals surface area contributed by atoms with Crippen molar-refractivity contribution in [2.45, 2.75) is 38.9 Å². The number of benzene rings is 10. The van der Waals surface area contributed by atoms with Crippen LogP contribution < -0.4 is 5.46 Å². The Hall–Kier alpha value is -9.39. The first-order valence-electron chi connectivity index (χ1n) is 26.8. The molecule has 80 heavy (non-hydrogen) atoms. The summed E-state index contributed by atoms with van der Waals surface area (Å²) in [7, 11) is -0.399. The molecule has 16 aromatic rings. The third-order valence-corrected chi connectivity index (χ3v) is 17.5. The molecule has 1 saturated heterocycles. The molecule has 7 heterocycles. The lowest BCUT2D eigenvalue weighted by Gasteiger charge is -2.32. The van der Waals surface area contributed by atoms with Crippen LogP contribution in [0.15, 0.2) is 224 Å². The first-order valence-corrected chi connectivity index (χ1v) is 27.6. The number of rotatable bonds is 5. The van der Waals surface area contributed by atoms with Crippen LogP contribution in [0.2, 0.25) is 0 Å².